The molecule has 1 atom stereocenters. The molecular formula is C15H26N4O. The molecule has 0 aromatic carbocycles. The van der Waals surface area contributed by atoms with Gasteiger partial charge in [0, 0.05) is 42.9 Å². The van der Waals surface area contributed by atoms with Crippen LogP contribution in [0.3, 0.4) is 0 Å². The standard InChI is InChI=1S/C15H26N4O/c1-15(2,3)18-14(20)8-9-16-12-6-5-7-13-11(12)10-17-19(13)4/h10,12,16H,5-9H2,1-4H3,(H,18,20). The van der Waals surface area contributed by atoms with Gasteiger partial charge in [0.2, 0.25) is 5.91 Å². The number of hydrogen-bond donors (Lipinski definition) is 2. The van der Waals surface area contributed by atoms with Crippen molar-refractivity contribution >= 4 is 5.91 Å². The summed E-state index contributed by atoms with van der Waals surface area (Å²) in [6.07, 6.45) is 5.89. The van der Waals surface area contributed by atoms with E-state index in [4.69, 9.17) is 0 Å². The summed E-state index contributed by atoms with van der Waals surface area (Å²) < 4.78 is 1.97. The molecule has 20 heavy (non-hydrogen) atoms. The van der Waals surface area contributed by atoms with Gasteiger partial charge in [-0.25, -0.2) is 0 Å². The number of carbonyl (C=O) groups excluding carboxylic acids is 1. The van der Waals surface area contributed by atoms with Gasteiger partial charge in [-0.2, -0.15) is 5.10 Å². The quantitative estimate of drug-likeness (QED) is 0.881. The van der Waals surface area contributed by atoms with Crippen LogP contribution in [0.15, 0.2) is 6.20 Å². The average Bonchev–Trinajstić information content (AvgIpc) is 2.70. The van der Waals surface area contributed by atoms with Crippen molar-refractivity contribution in [2.45, 2.75) is 58.0 Å². The normalized spacial score (nSPS) is 18.7. The van der Waals surface area contributed by atoms with E-state index < -0.39 is 0 Å². The molecule has 1 heterocycles. The summed E-state index contributed by atoms with van der Waals surface area (Å²) in [5.41, 5.74) is 2.47. The van der Waals surface area contributed by atoms with Crippen molar-refractivity contribution in [2.75, 3.05) is 6.54 Å². The number of carbonyl (C=O) groups is 1. The van der Waals surface area contributed by atoms with Crippen molar-refractivity contribution in [2.24, 2.45) is 7.05 Å². The van der Waals surface area contributed by atoms with Crippen LogP contribution in [-0.2, 0) is 18.3 Å². The predicted octanol–water partition coefficient (Wildman–Crippen LogP) is 1.69. The Kier molecular flexibility index (Phi) is 4.48. The van der Waals surface area contributed by atoms with Gasteiger partial charge >= 0.3 is 0 Å². The van der Waals surface area contributed by atoms with Gasteiger partial charge in [-0.3, -0.25) is 9.48 Å². The summed E-state index contributed by atoms with van der Waals surface area (Å²) in [5, 5.41) is 10.8. The van der Waals surface area contributed by atoms with Crippen LogP contribution in [0.4, 0.5) is 0 Å². The van der Waals surface area contributed by atoms with Gasteiger partial charge in [-0.15, -0.1) is 0 Å². The molecule has 1 aliphatic carbocycles. The molecule has 5 nitrogen and oxygen atoms in total. The fourth-order valence-electron chi connectivity index (χ4n) is 2.76. The number of nitrogens with one attached hydrogen (secondary N) is 2. The lowest BCUT2D eigenvalue weighted by Gasteiger charge is -2.24. The first kappa shape index (κ1) is 15.0. The Balaban J connectivity index is 1.82. The van der Waals surface area contributed by atoms with E-state index >= 15 is 0 Å². The molecule has 1 aromatic heterocycles. The van der Waals surface area contributed by atoms with Crippen molar-refractivity contribution < 1.29 is 4.79 Å². The van der Waals surface area contributed by atoms with E-state index in [0.29, 0.717) is 19.0 Å². The van der Waals surface area contributed by atoms with Gasteiger partial charge in [0.05, 0.1) is 6.20 Å². The second-order valence-corrected chi connectivity index (χ2v) is 6.62. The third kappa shape index (κ3) is 3.82. The molecule has 0 fully saturated rings. The van der Waals surface area contributed by atoms with E-state index in [1.807, 2.05) is 38.7 Å². The van der Waals surface area contributed by atoms with Crippen molar-refractivity contribution in [3.05, 3.63) is 17.5 Å². The van der Waals surface area contributed by atoms with Crippen LogP contribution in [0.1, 0.15) is 57.3 Å². The van der Waals surface area contributed by atoms with Gasteiger partial charge in [-0.05, 0) is 40.0 Å². The van der Waals surface area contributed by atoms with Gasteiger partial charge in [0.15, 0.2) is 0 Å². The summed E-state index contributed by atoms with van der Waals surface area (Å²) in [6, 6.07) is 0.342. The number of fused-ring (bicyclic) bond motifs is 1. The van der Waals surface area contributed by atoms with E-state index in [2.05, 4.69) is 15.7 Å². The summed E-state index contributed by atoms with van der Waals surface area (Å²) in [6.45, 7) is 6.71. The zero-order valence-corrected chi connectivity index (χ0v) is 13.0. The second-order valence-electron chi connectivity index (χ2n) is 6.62. The average molecular weight is 278 g/mol. The molecule has 0 radical (unpaired) electrons. The third-order valence-corrected chi connectivity index (χ3v) is 3.63. The summed E-state index contributed by atoms with van der Waals surface area (Å²) >= 11 is 0. The van der Waals surface area contributed by atoms with Gasteiger partial charge in [0.1, 0.15) is 0 Å². The van der Waals surface area contributed by atoms with E-state index in [1.54, 1.807) is 0 Å². The Hall–Kier alpha value is -1.36. The molecule has 2 rings (SSSR count). The number of amides is 1. The Bertz CT molecular complexity index is 473. The predicted molar refractivity (Wildman–Crippen MR) is 79.4 cm³/mol. The van der Waals surface area contributed by atoms with Crippen molar-refractivity contribution in [3.8, 4) is 0 Å². The Morgan fingerprint density at radius 2 is 2.25 bits per heavy atom. The van der Waals surface area contributed by atoms with Gasteiger partial charge in [-0.1, -0.05) is 0 Å². The van der Waals surface area contributed by atoms with Crippen LogP contribution in [0.25, 0.3) is 0 Å². The number of rotatable bonds is 4. The number of hydrogen-bond acceptors (Lipinski definition) is 3. The molecule has 0 bridgehead atoms. The minimum absolute atomic E-state index is 0.104. The van der Waals surface area contributed by atoms with Crippen molar-refractivity contribution in [1.82, 2.24) is 20.4 Å². The van der Waals surface area contributed by atoms with Crippen LogP contribution in [0.2, 0.25) is 0 Å². The SMILES string of the molecule is Cn1ncc2c1CCCC2NCCC(=O)NC(C)(C)C. The second kappa shape index (κ2) is 5.95. The summed E-state index contributed by atoms with van der Waals surface area (Å²) in [5.74, 6) is 0.104. The van der Waals surface area contributed by atoms with Crippen LogP contribution < -0.4 is 10.6 Å². The molecular weight excluding hydrogens is 252 g/mol. The van der Waals surface area contributed by atoms with E-state index in [0.717, 1.165) is 12.8 Å². The third-order valence-electron chi connectivity index (χ3n) is 3.63. The molecule has 0 saturated heterocycles. The van der Waals surface area contributed by atoms with Crippen LogP contribution in [0.5, 0.6) is 0 Å². The number of aromatic nitrogens is 2. The highest BCUT2D eigenvalue weighted by atomic mass is 16.1. The first-order chi connectivity index (χ1) is 9.37. The zero-order chi connectivity index (χ0) is 14.8. The van der Waals surface area contributed by atoms with Gasteiger partial charge < -0.3 is 10.6 Å². The maximum absolute atomic E-state index is 11.8. The maximum atomic E-state index is 11.8. The molecule has 0 spiro atoms. The molecule has 2 N–H and O–H groups in total. The van der Waals surface area contributed by atoms with Crippen LogP contribution in [-0.4, -0.2) is 27.8 Å². The fourth-order valence-corrected chi connectivity index (χ4v) is 2.76. The van der Waals surface area contributed by atoms with Gasteiger partial charge in [0.25, 0.3) is 0 Å². The highest BCUT2D eigenvalue weighted by Crippen LogP contribution is 2.28. The van der Waals surface area contributed by atoms with Crippen LogP contribution in [0, 0.1) is 0 Å². The maximum Gasteiger partial charge on any atom is 0.221 e. The lowest BCUT2D eigenvalue weighted by Crippen LogP contribution is -2.41. The first-order valence-corrected chi connectivity index (χ1v) is 7.42. The summed E-state index contributed by atoms with van der Waals surface area (Å²) in [4.78, 5) is 11.8. The molecule has 0 aliphatic heterocycles. The minimum Gasteiger partial charge on any atom is -0.351 e. The Morgan fingerprint density at radius 1 is 1.50 bits per heavy atom. The molecule has 1 aliphatic rings. The monoisotopic (exact) mass is 278 g/mol. The van der Waals surface area contributed by atoms with E-state index in [9.17, 15) is 4.79 Å². The Morgan fingerprint density at radius 3 is 2.95 bits per heavy atom. The van der Waals surface area contributed by atoms with Crippen molar-refractivity contribution in [1.29, 1.82) is 0 Å². The van der Waals surface area contributed by atoms with E-state index in [1.165, 1.54) is 17.7 Å². The molecule has 1 amide bonds. The fraction of sp³-hybridized carbons (Fsp3) is 0.733. The topological polar surface area (TPSA) is 59.0 Å². The lowest BCUT2D eigenvalue weighted by atomic mass is 9.93. The smallest absolute Gasteiger partial charge is 0.221 e. The molecule has 1 aromatic rings. The lowest BCUT2D eigenvalue weighted by molar-refractivity contribution is -0.122. The minimum atomic E-state index is -0.154. The van der Waals surface area contributed by atoms with E-state index in [-0.39, 0.29) is 11.4 Å². The molecule has 1 unspecified atom stereocenters. The largest absolute Gasteiger partial charge is 0.351 e. The molecule has 5 heteroatoms. The number of aryl methyl sites for hydroxylation is 1. The molecule has 0 saturated carbocycles. The highest BCUT2D eigenvalue weighted by molar-refractivity contribution is 5.76. The van der Waals surface area contributed by atoms with Crippen LogP contribution >= 0.6 is 0 Å². The number of nitrogens with zero attached hydrogens (tertiary/aromatic N) is 2. The first-order valence-electron chi connectivity index (χ1n) is 7.42. The Labute approximate surface area is 121 Å². The van der Waals surface area contributed by atoms with Crippen molar-refractivity contribution in [3.63, 3.8) is 0 Å². The summed E-state index contributed by atoms with van der Waals surface area (Å²) in [7, 11) is 2.00. The zero-order valence-electron chi connectivity index (χ0n) is 13.0. The highest BCUT2D eigenvalue weighted by Gasteiger charge is 2.23. The molecule has 112 valence electrons.